The second-order valence-electron chi connectivity index (χ2n) is 8.68. The Kier molecular flexibility index (Phi) is 7.16. The maximum Gasteiger partial charge on any atom is 0.242 e. The van der Waals surface area contributed by atoms with Gasteiger partial charge in [-0.1, -0.05) is 103 Å². The fourth-order valence-electron chi connectivity index (χ4n) is 4.50. The average Bonchev–Trinajstić information content (AvgIpc) is 3.30. The summed E-state index contributed by atoms with van der Waals surface area (Å²) in [5.74, 6) is 0.114. The van der Waals surface area contributed by atoms with Crippen LogP contribution >= 0.6 is 0 Å². The molecule has 0 aromatic heterocycles. The van der Waals surface area contributed by atoms with Gasteiger partial charge in [-0.3, -0.25) is 9.69 Å². The Hall–Kier alpha value is -2.91. The molecule has 0 heterocycles. The van der Waals surface area contributed by atoms with Crippen molar-refractivity contribution in [3.05, 3.63) is 107 Å². The van der Waals surface area contributed by atoms with Crippen LogP contribution in [0.4, 0.5) is 0 Å². The summed E-state index contributed by atoms with van der Waals surface area (Å²) in [5, 5.41) is 3.36. The van der Waals surface area contributed by atoms with Crippen LogP contribution in [0.3, 0.4) is 0 Å². The summed E-state index contributed by atoms with van der Waals surface area (Å²) < 4.78 is 0. The van der Waals surface area contributed by atoms with E-state index in [4.69, 9.17) is 0 Å². The van der Waals surface area contributed by atoms with Gasteiger partial charge in [0.15, 0.2) is 0 Å². The van der Waals surface area contributed by atoms with E-state index < -0.39 is 0 Å². The molecule has 1 aliphatic rings. The zero-order valence-corrected chi connectivity index (χ0v) is 18.3. The van der Waals surface area contributed by atoms with E-state index in [1.54, 1.807) is 0 Å². The molecule has 3 aromatic rings. The molecule has 0 bridgehead atoms. The lowest BCUT2D eigenvalue weighted by molar-refractivity contribution is -0.128. The van der Waals surface area contributed by atoms with Gasteiger partial charge in [0.25, 0.3) is 0 Å². The fourth-order valence-corrected chi connectivity index (χ4v) is 4.50. The number of hydrogen-bond acceptors (Lipinski definition) is 2. The van der Waals surface area contributed by atoms with E-state index in [1.807, 2.05) is 12.1 Å². The first kappa shape index (κ1) is 21.3. The predicted molar refractivity (Wildman–Crippen MR) is 126 cm³/mol. The Labute approximate surface area is 186 Å². The molecule has 0 aliphatic heterocycles. The number of hydrogen-bond donors (Lipinski definition) is 1. The molecule has 1 aliphatic carbocycles. The summed E-state index contributed by atoms with van der Waals surface area (Å²) in [6.07, 6.45) is 4.59. The highest BCUT2D eigenvalue weighted by Crippen LogP contribution is 2.27. The number of benzene rings is 3. The van der Waals surface area contributed by atoms with Crippen molar-refractivity contribution < 1.29 is 4.79 Å². The molecule has 1 saturated carbocycles. The summed E-state index contributed by atoms with van der Waals surface area (Å²) in [4.78, 5) is 16.0. The number of nitrogens with one attached hydrogen (secondary N) is 1. The molecule has 0 saturated heterocycles. The van der Waals surface area contributed by atoms with Crippen LogP contribution in [-0.2, 0) is 17.9 Å². The number of rotatable bonds is 8. The van der Waals surface area contributed by atoms with E-state index in [9.17, 15) is 4.79 Å². The van der Waals surface area contributed by atoms with Crippen molar-refractivity contribution in [1.82, 2.24) is 10.2 Å². The quantitative estimate of drug-likeness (QED) is 0.507. The summed E-state index contributed by atoms with van der Waals surface area (Å²) in [7, 11) is 0. The largest absolute Gasteiger partial charge is 0.352 e. The summed E-state index contributed by atoms with van der Waals surface area (Å²) in [6, 6.07) is 29.3. The van der Waals surface area contributed by atoms with Crippen molar-refractivity contribution in [2.75, 3.05) is 0 Å². The lowest BCUT2D eigenvalue weighted by atomic mass is 10.00. The Balaban J connectivity index is 1.67. The minimum Gasteiger partial charge on any atom is -0.352 e. The van der Waals surface area contributed by atoms with Crippen LogP contribution in [0, 0.1) is 6.92 Å². The molecule has 3 nitrogen and oxygen atoms in total. The van der Waals surface area contributed by atoms with Gasteiger partial charge in [0.05, 0.1) is 0 Å². The highest BCUT2D eigenvalue weighted by Gasteiger charge is 2.30. The van der Waals surface area contributed by atoms with Gasteiger partial charge >= 0.3 is 0 Å². The molecule has 31 heavy (non-hydrogen) atoms. The second-order valence-corrected chi connectivity index (χ2v) is 8.68. The maximum atomic E-state index is 13.7. The molecule has 0 radical (unpaired) electrons. The highest BCUT2D eigenvalue weighted by molar-refractivity contribution is 5.83. The van der Waals surface area contributed by atoms with Crippen molar-refractivity contribution in [3.8, 4) is 0 Å². The molecule has 0 spiro atoms. The van der Waals surface area contributed by atoms with Crippen LogP contribution in [0.2, 0.25) is 0 Å². The number of aryl methyl sites for hydroxylation is 1. The molecule has 1 amide bonds. The van der Waals surface area contributed by atoms with Crippen molar-refractivity contribution in [2.24, 2.45) is 0 Å². The van der Waals surface area contributed by atoms with E-state index in [0.29, 0.717) is 19.1 Å². The average molecular weight is 413 g/mol. The normalized spacial score (nSPS) is 15.2. The molecule has 0 unspecified atom stereocenters. The van der Waals surface area contributed by atoms with Gasteiger partial charge in [-0.15, -0.1) is 0 Å². The van der Waals surface area contributed by atoms with Gasteiger partial charge in [0.1, 0.15) is 6.04 Å². The van der Waals surface area contributed by atoms with Crippen LogP contribution in [0.1, 0.15) is 54.0 Å². The maximum absolute atomic E-state index is 13.7. The topological polar surface area (TPSA) is 32.3 Å². The zero-order valence-electron chi connectivity index (χ0n) is 18.3. The number of carbonyl (C=O) groups is 1. The van der Waals surface area contributed by atoms with E-state index in [2.05, 4.69) is 89.9 Å². The first-order chi connectivity index (χ1) is 15.2. The van der Waals surface area contributed by atoms with Gasteiger partial charge in [-0.25, -0.2) is 0 Å². The van der Waals surface area contributed by atoms with Crippen LogP contribution in [0.25, 0.3) is 0 Å². The van der Waals surface area contributed by atoms with Crippen LogP contribution < -0.4 is 5.32 Å². The van der Waals surface area contributed by atoms with Crippen molar-refractivity contribution in [2.45, 2.75) is 57.8 Å². The van der Waals surface area contributed by atoms with E-state index in [0.717, 1.165) is 18.4 Å². The highest BCUT2D eigenvalue weighted by atomic mass is 16.2. The van der Waals surface area contributed by atoms with Crippen LogP contribution in [0.15, 0.2) is 84.9 Å². The predicted octanol–water partition coefficient (Wildman–Crippen LogP) is 5.80. The Morgan fingerprint density at radius 1 is 0.839 bits per heavy atom. The molecule has 1 fully saturated rings. The SMILES string of the molecule is Cc1ccc([C@@H](C(=O)NC2CCCC2)N(Cc2ccccc2)Cc2ccccc2)cc1. The Bertz CT molecular complexity index is 906. The van der Waals surface area contributed by atoms with Gasteiger partial charge in [-0.05, 0) is 36.5 Å². The van der Waals surface area contributed by atoms with E-state index in [-0.39, 0.29) is 11.9 Å². The molecule has 160 valence electrons. The minimum atomic E-state index is -0.332. The number of nitrogens with zero attached hydrogens (tertiary/aromatic N) is 1. The van der Waals surface area contributed by atoms with Gasteiger partial charge in [0, 0.05) is 19.1 Å². The molecular formula is C28H32N2O. The third kappa shape index (κ3) is 5.83. The number of amides is 1. The zero-order chi connectivity index (χ0) is 21.5. The molecule has 1 N–H and O–H groups in total. The van der Waals surface area contributed by atoms with Gasteiger partial charge < -0.3 is 5.32 Å². The van der Waals surface area contributed by atoms with Crippen molar-refractivity contribution in [3.63, 3.8) is 0 Å². The lowest BCUT2D eigenvalue weighted by Gasteiger charge is -2.32. The van der Waals surface area contributed by atoms with Crippen LogP contribution in [0.5, 0.6) is 0 Å². The smallest absolute Gasteiger partial charge is 0.242 e. The van der Waals surface area contributed by atoms with E-state index in [1.165, 1.54) is 29.5 Å². The standard InChI is InChI=1S/C28H32N2O/c1-22-16-18-25(19-17-22)27(28(31)29-26-14-8-9-15-26)30(20-23-10-4-2-5-11-23)21-24-12-6-3-7-13-24/h2-7,10-13,16-19,26-27H,8-9,14-15,20-21H2,1H3,(H,29,31)/t27-/m0/s1. The Morgan fingerprint density at radius 2 is 1.35 bits per heavy atom. The third-order valence-corrected chi connectivity index (χ3v) is 6.17. The molecule has 4 rings (SSSR count). The third-order valence-electron chi connectivity index (χ3n) is 6.17. The van der Waals surface area contributed by atoms with Gasteiger partial charge in [0.2, 0.25) is 5.91 Å². The lowest BCUT2D eigenvalue weighted by Crippen LogP contribution is -2.43. The molecular weight excluding hydrogens is 380 g/mol. The monoisotopic (exact) mass is 412 g/mol. The first-order valence-corrected chi connectivity index (χ1v) is 11.4. The summed E-state index contributed by atoms with van der Waals surface area (Å²) in [6.45, 7) is 3.52. The summed E-state index contributed by atoms with van der Waals surface area (Å²) >= 11 is 0. The molecule has 1 atom stereocenters. The van der Waals surface area contributed by atoms with Crippen molar-refractivity contribution in [1.29, 1.82) is 0 Å². The Morgan fingerprint density at radius 3 is 1.87 bits per heavy atom. The molecule has 3 aromatic carbocycles. The fraction of sp³-hybridized carbons (Fsp3) is 0.321. The molecule has 3 heteroatoms. The number of carbonyl (C=O) groups excluding carboxylic acids is 1. The second kappa shape index (κ2) is 10.4. The van der Waals surface area contributed by atoms with Crippen LogP contribution in [-0.4, -0.2) is 16.8 Å². The van der Waals surface area contributed by atoms with Gasteiger partial charge in [-0.2, -0.15) is 0 Å². The minimum absolute atomic E-state index is 0.114. The van der Waals surface area contributed by atoms with Crippen molar-refractivity contribution >= 4 is 5.91 Å². The summed E-state index contributed by atoms with van der Waals surface area (Å²) in [5.41, 5.74) is 4.68. The van der Waals surface area contributed by atoms with E-state index >= 15 is 0 Å². The first-order valence-electron chi connectivity index (χ1n) is 11.4.